The number of hydrogen-bond donors (Lipinski definition) is 1. The average Bonchev–Trinajstić information content (AvgIpc) is 2.95. The van der Waals surface area contributed by atoms with Crippen molar-refractivity contribution < 1.29 is 21.6 Å². The molecule has 1 rings (SSSR count). The number of hydrogen-bond acceptors (Lipinski definition) is 5. The zero-order valence-corrected chi connectivity index (χ0v) is 18.9. The Hall–Kier alpha value is -0.660. The highest BCUT2D eigenvalue weighted by atomic mass is 32.3. The van der Waals surface area contributed by atoms with Gasteiger partial charge in [-0.25, -0.2) is 8.37 Å². The van der Waals surface area contributed by atoms with Gasteiger partial charge in [-0.3, -0.25) is 4.79 Å². The molecule has 0 aromatic rings. The summed E-state index contributed by atoms with van der Waals surface area (Å²) in [5, 5.41) is 2.78. The summed E-state index contributed by atoms with van der Waals surface area (Å²) in [5.74, 6) is -0.191. The van der Waals surface area contributed by atoms with Gasteiger partial charge in [-0.15, -0.1) is 0 Å². The molecule has 1 saturated heterocycles. The van der Waals surface area contributed by atoms with Crippen LogP contribution in [0.2, 0.25) is 0 Å². The van der Waals surface area contributed by atoms with E-state index in [4.69, 9.17) is 8.37 Å². The van der Waals surface area contributed by atoms with Crippen molar-refractivity contribution in [2.75, 3.05) is 0 Å². The van der Waals surface area contributed by atoms with E-state index >= 15 is 0 Å². The first-order valence-electron chi connectivity index (χ1n) is 11.3. The number of unbranched alkanes of at least 4 members (excludes halogenated alkanes) is 11. The Labute approximate surface area is 172 Å². The van der Waals surface area contributed by atoms with Crippen molar-refractivity contribution in [1.29, 1.82) is 0 Å². The standard InChI is InChI=1S/C21H41NO5S/c1-4-6-7-8-9-10-11-12-13-14-15-16-17-20-21(27-28(24,25)26-20)19(5-2)22-18(3)23/h19-21H,4-17H2,1-3H3,(H,22,23)/t19-,20+,21-/m0/s1. The van der Waals surface area contributed by atoms with Gasteiger partial charge in [0.05, 0.1) is 6.04 Å². The van der Waals surface area contributed by atoms with Crippen molar-refractivity contribution in [2.24, 2.45) is 0 Å². The van der Waals surface area contributed by atoms with Crippen LogP contribution in [0.1, 0.15) is 111 Å². The van der Waals surface area contributed by atoms with Crippen LogP contribution >= 0.6 is 0 Å². The van der Waals surface area contributed by atoms with Crippen molar-refractivity contribution in [2.45, 2.75) is 129 Å². The third-order valence-electron chi connectivity index (χ3n) is 5.40. The van der Waals surface area contributed by atoms with E-state index in [9.17, 15) is 13.2 Å². The van der Waals surface area contributed by atoms with Crippen molar-refractivity contribution >= 4 is 16.3 Å². The minimum Gasteiger partial charge on any atom is -0.351 e. The molecule has 0 aromatic heterocycles. The predicted octanol–water partition coefficient (Wildman–Crippen LogP) is 5.02. The highest BCUT2D eigenvalue weighted by Gasteiger charge is 2.43. The van der Waals surface area contributed by atoms with Crippen molar-refractivity contribution in [3.63, 3.8) is 0 Å². The molecule has 0 bridgehead atoms. The fourth-order valence-corrected chi connectivity index (χ4v) is 4.91. The Bertz CT molecular complexity index is 523. The Balaban J connectivity index is 2.18. The normalized spacial score (nSPS) is 22.2. The minimum absolute atomic E-state index is 0.191. The van der Waals surface area contributed by atoms with E-state index in [-0.39, 0.29) is 11.9 Å². The van der Waals surface area contributed by atoms with E-state index in [0.717, 1.165) is 12.8 Å². The van der Waals surface area contributed by atoms with Crippen LogP contribution in [-0.4, -0.2) is 32.6 Å². The third-order valence-corrected chi connectivity index (χ3v) is 6.34. The van der Waals surface area contributed by atoms with E-state index in [2.05, 4.69) is 12.2 Å². The van der Waals surface area contributed by atoms with Crippen LogP contribution in [0.15, 0.2) is 0 Å². The minimum atomic E-state index is -3.95. The molecule has 0 aliphatic carbocycles. The molecule has 3 atom stereocenters. The molecular formula is C21H41NO5S. The zero-order valence-electron chi connectivity index (χ0n) is 18.1. The molecule has 7 heteroatoms. The zero-order chi connectivity index (χ0) is 20.8. The third kappa shape index (κ3) is 10.8. The lowest BCUT2D eigenvalue weighted by atomic mass is 9.98. The largest absolute Gasteiger partial charge is 0.400 e. The van der Waals surface area contributed by atoms with E-state index in [0.29, 0.717) is 12.8 Å². The summed E-state index contributed by atoms with van der Waals surface area (Å²) in [6, 6.07) is -0.350. The molecule has 1 amide bonds. The summed E-state index contributed by atoms with van der Waals surface area (Å²) in [7, 11) is -3.95. The Morgan fingerprint density at radius 3 is 1.82 bits per heavy atom. The summed E-state index contributed by atoms with van der Waals surface area (Å²) in [6.45, 7) is 5.57. The summed E-state index contributed by atoms with van der Waals surface area (Å²) < 4.78 is 33.7. The fraction of sp³-hybridized carbons (Fsp3) is 0.952. The highest BCUT2D eigenvalue weighted by molar-refractivity contribution is 7.82. The molecule has 166 valence electrons. The number of rotatable bonds is 16. The quantitative estimate of drug-likeness (QED) is 0.355. The van der Waals surface area contributed by atoms with Crippen LogP contribution in [0.4, 0.5) is 0 Å². The second-order valence-electron chi connectivity index (χ2n) is 8.00. The summed E-state index contributed by atoms with van der Waals surface area (Å²) >= 11 is 0. The van der Waals surface area contributed by atoms with Gasteiger partial charge in [0.15, 0.2) is 0 Å². The van der Waals surface area contributed by atoms with Gasteiger partial charge in [0.25, 0.3) is 0 Å². The highest BCUT2D eigenvalue weighted by Crippen LogP contribution is 2.28. The molecular weight excluding hydrogens is 378 g/mol. The van der Waals surface area contributed by atoms with Gasteiger partial charge in [-0.1, -0.05) is 90.9 Å². The first kappa shape index (κ1) is 25.4. The number of amides is 1. The van der Waals surface area contributed by atoms with Crippen LogP contribution in [0.5, 0.6) is 0 Å². The lowest BCUT2D eigenvalue weighted by molar-refractivity contribution is -0.120. The van der Waals surface area contributed by atoms with E-state index in [1.165, 1.54) is 71.1 Å². The van der Waals surface area contributed by atoms with E-state index < -0.39 is 22.6 Å². The SMILES string of the molecule is CCCCCCCCCCCCCC[C@H]1OS(=O)(=O)O[C@H]1[C@H](CC)NC(C)=O. The smallest absolute Gasteiger partial charge is 0.351 e. The first-order chi connectivity index (χ1) is 13.4. The average molecular weight is 420 g/mol. The first-order valence-corrected chi connectivity index (χ1v) is 12.6. The number of nitrogens with one attached hydrogen (secondary N) is 1. The molecule has 0 spiro atoms. The molecule has 28 heavy (non-hydrogen) atoms. The van der Waals surface area contributed by atoms with Gasteiger partial charge in [0.1, 0.15) is 12.2 Å². The number of carbonyl (C=O) groups excluding carboxylic acids is 1. The Morgan fingerprint density at radius 1 is 0.857 bits per heavy atom. The van der Waals surface area contributed by atoms with Crippen LogP contribution in [0, 0.1) is 0 Å². The summed E-state index contributed by atoms with van der Waals surface area (Å²) in [6.07, 6.45) is 15.2. The van der Waals surface area contributed by atoms with Crippen LogP contribution in [-0.2, 0) is 23.6 Å². The maximum absolute atomic E-state index is 11.7. The van der Waals surface area contributed by atoms with Crippen LogP contribution in [0.25, 0.3) is 0 Å². The molecule has 1 N–H and O–H groups in total. The molecule has 1 fully saturated rings. The second-order valence-corrected chi connectivity index (χ2v) is 9.20. The van der Waals surface area contributed by atoms with Crippen LogP contribution < -0.4 is 5.32 Å². The maximum Gasteiger partial charge on any atom is 0.400 e. The molecule has 0 aromatic carbocycles. The lowest BCUT2D eigenvalue weighted by Crippen LogP contribution is -2.46. The van der Waals surface area contributed by atoms with Gasteiger partial charge in [0, 0.05) is 6.92 Å². The van der Waals surface area contributed by atoms with Crippen molar-refractivity contribution in [3.8, 4) is 0 Å². The lowest BCUT2D eigenvalue weighted by Gasteiger charge is -2.24. The van der Waals surface area contributed by atoms with Crippen molar-refractivity contribution in [1.82, 2.24) is 5.32 Å². The Kier molecular flexibility index (Phi) is 13.0. The molecule has 0 saturated carbocycles. The van der Waals surface area contributed by atoms with E-state index in [1.54, 1.807) is 0 Å². The molecule has 1 aliphatic heterocycles. The van der Waals surface area contributed by atoms with Gasteiger partial charge < -0.3 is 5.32 Å². The maximum atomic E-state index is 11.7. The molecule has 1 heterocycles. The fourth-order valence-electron chi connectivity index (χ4n) is 3.83. The predicted molar refractivity (Wildman–Crippen MR) is 112 cm³/mol. The Morgan fingerprint density at radius 2 is 1.36 bits per heavy atom. The van der Waals surface area contributed by atoms with Gasteiger partial charge in [-0.05, 0) is 12.8 Å². The van der Waals surface area contributed by atoms with E-state index in [1.807, 2.05) is 6.92 Å². The summed E-state index contributed by atoms with van der Waals surface area (Å²) in [4.78, 5) is 11.4. The topological polar surface area (TPSA) is 81.7 Å². The summed E-state index contributed by atoms with van der Waals surface area (Å²) in [5.41, 5.74) is 0. The van der Waals surface area contributed by atoms with Gasteiger partial charge in [-0.2, -0.15) is 8.42 Å². The monoisotopic (exact) mass is 419 g/mol. The van der Waals surface area contributed by atoms with Crippen LogP contribution in [0.3, 0.4) is 0 Å². The van der Waals surface area contributed by atoms with Crippen molar-refractivity contribution in [3.05, 3.63) is 0 Å². The number of carbonyl (C=O) groups is 1. The second kappa shape index (κ2) is 14.3. The molecule has 6 nitrogen and oxygen atoms in total. The molecule has 1 aliphatic rings. The molecule has 0 radical (unpaired) electrons. The van der Waals surface area contributed by atoms with Gasteiger partial charge >= 0.3 is 10.4 Å². The van der Waals surface area contributed by atoms with Gasteiger partial charge in [0.2, 0.25) is 5.91 Å². The molecule has 0 unspecified atom stereocenters.